The lowest BCUT2D eigenvalue weighted by atomic mass is 10.0. The van der Waals surface area contributed by atoms with Crippen molar-refractivity contribution in [2.45, 2.75) is 25.4 Å². The highest BCUT2D eigenvalue weighted by molar-refractivity contribution is 5.93. The molecule has 1 amide bonds. The number of ether oxygens (including phenoxy) is 1. The Balaban J connectivity index is 1.35. The molecular formula is C24H25N3O4. The summed E-state index contributed by atoms with van der Waals surface area (Å²) >= 11 is 0. The monoisotopic (exact) mass is 419 g/mol. The Labute approximate surface area is 181 Å². The van der Waals surface area contributed by atoms with Crippen LogP contribution in [0.25, 0.3) is 5.57 Å². The number of likely N-dealkylation sites (tertiary alicyclic amines) is 1. The second-order valence-electron chi connectivity index (χ2n) is 7.85. The number of nitro groups is 1. The van der Waals surface area contributed by atoms with E-state index in [1.807, 2.05) is 18.2 Å². The van der Waals surface area contributed by atoms with Crippen molar-refractivity contribution >= 4 is 17.2 Å². The summed E-state index contributed by atoms with van der Waals surface area (Å²) in [5.74, 6) is 0.0512. The Morgan fingerprint density at radius 2 is 2.00 bits per heavy atom. The molecule has 0 aromatic heterocycles. The van der Waals surface area contributed by atoms with E-state index in [1.54, 1.807) is 24.3 Å². The Bertz CT molecular complexity index is 1020. The Kier molecular flexibility index (Phi) is 6.43. The normalized spacial score (nSPS) is 19.0. The number of carbonyl (C=O) groups is 1. The quantitative estimate of drug-likeness (QED) is 0.570. The van der Waals surface area contributed by atoms with Crippen molar-refractivity contribution in [3.05, 3.63) is 93.7 Å². The molecule has 160 valence electrons. The molecule has 31 heavy (non-hydrogen) atoms. The summed E-state index contributed by atoms with van der Waals surface area (Å²) in [5.41, 5.74) is 2.82. The number of nitrogens with one attached hydrogen (secondary N) is 1. The van der Waals surface area contributed by atoms with Crippen molar-refractivity contribution in [1.29, 1.82) is 0 Å². The zero-order chi connectivity index (χ0) is 21.6. The fourth-order valence-electron chi connectivity index (χ4n) is 3.98. The maximum absolute atomic E-state index is 12.7. The average molecular weight is 419 g/mol. The maximum Gasteiger partial charge on any atom is 0.286 e. The predicted octanol–water partition coefficient (Wildman–Crippen LogP) is 3.67. The van der Waals surface area contributed by atoms with Gasteiger partial charge in [-0.1, -0.05) is 48.5 Å². The van der Waals surface area contributed by atoms with E-state index < -0.39 is 4.92 Å². The topological polar surface area (TPSA) is 84.7 Å². The summed E-state index contributed by atoms with van der Waals surface area (Å²) in [4.78, 5) is 25.6. The van der Waals surface area contributed by atoms with Crippen molar-refractivity contribution in [2.75, 3.05) is 19.7 Å². The Morgan fingerprint density at radius 3 is 2.74 bits per heavy atom. The zero-order valence-electron chi connectivity index (χ0n) is 17.2. The third kappa shape index (κ3) is 5.38. The van der Waals surface area contributed by atoms with Gasteiger partial charge in [0.1, 0.15) is 6.61 Å². The number of nitrogens with zero attached hydrogens (tertiary/aromatic N) is 2. The molecule has 1 unspecified atom stereocenters. The summed E-state index contributed by atoms with van der Waals surface area (Å²) in [6, 6.07) is 16.8. The summed E-state index contributed by atoms with van der Waals surface area (Å²) in [7, 11) is 0. The second-order valence-corrected chi connectivity index (χ2v) is 7.85. The van der Waals surface area contributed by atoms with Crippen LogP contribution in [0.1, 0.15) is 24.0 Å². The maximum atomic E-state index is 12.7. The van der Waals surface area contributed by atoms with Crippen LogP contribution in [0.2, 0.25) is 0 Å². The molecule has 1 fully saturated rings. The summed E-state index contributed by atoms with van der Waals surface area (Å²) < 4.78 is 5.67. The highest BCUT2D eigenvalue weighted by Crippen LogP contribution is 2.24. The molecule has 1 N–H and O–H groups in total. The number of benzene rings is 2. The van der Waals surface area contributed by atoms with Gasteiger partial charge in [-0.05, 0) is 42.2 Å². The van der Waals surface area contributed by atoms with Crippen LogP contribution in [0, 0.1) is 10.1 Å². The van der Waals surface area contributed by atoms with E-state index in [4.69, 9.17) is 4.74 Å². The molecule has 0 radical (unpaired) electrons. The van der Waals surface area contributed by atoms with Gasteiger partial charge >= 0.3 is 0 Å². The molecule has 2 heterocycles. The van der Waals surface area contributed by atoms with E-state index in [9.17, 15) is 14.9 Å². The summed E-state index contributed by atoms with van der Waals surface area (Å²) in [6.07, 6.45) is 5.41. The van der Waals surface area contributed by atoms with Crippen molar-refractivity contribution < 1.29 is 14.5 Å². The fraction of sp³-hybridized carbons (Fsp3) is 0.292. The number of piperidine rings is 1. The highest BCUT2D eigenvalue weighted by atomic mass is 16.6. The van der Waals surface area contributed by atoms with Gasteiger partial charge in [-0.2, -0.15) is 0 Å². The molecule has 7 heteroatoms. The first-order chi connectivity index (χ1) is 15.1. The molecule has 1 atom stereocenters. The lowest BCUT2D eigenvalue weighted by molar-refractivity contribution is -0.384. The first kappa shape index (κ1) is 20.8. The predicted molar refractivity (Wildman–Crippen MR) is 118 cm³/mol. The van der Waals surface area contributed by atoms with Crippen LogP contribution < -0.4 is 5.32 Å². The van der Waals surface area contributed by atoms with Crippen molar-refractivity contribution in [3.8, 4) is 0 Å². The summed E-state index contributed by atoms with van der Waals surface area (Å²) in [6.45, 7) is 2.91. The number of hydrogen-bond acceptors (Lipinski definition) is 5. The van der Waals surface area contributed by atoms with E-state index in [-0.39, 0.29) is 30.0 Å². The molecule has 0 spiro atoms. The van der Waals surface area contributed by atoms with E-state index in [0.717, 1.165) is 38.0 Å². The van der Waals surface area contributed by atoms with Crippen LogP contribution in [0.4, 0.5) is 5.69 Å². The smallest absolute Gasteiger partial charge is 0.286 e. The fourth-order valence-corrected chi connectivity index (χ4v) is 3.98. The Hall–Kier alpha value is -3.45. The van der Waals surface area contributed by atoms with E-state index in [0.29, 0.717) is 5.56 Å². The molecule has 0 bridgehead atoms. The zero-order valence-corrected chi connectivity index (χ0v) is 17.2. The van der Waals surface area contributed by atoms with E-state index in [1.165, 1.54) is 17.7 Å². The Morgan fingerprint density at radius 1 is 1.16 bits per heavy atom. The highest BCUT2D eigenvalue weighted by Gasteiger charge is 2.24. The van der Waals surface area contributed by atoms with Gasteiger partial charge in [0.2, 0.25) is 0 Å². The minimum Gasteiger partial charge on any atom is -0.483 e. The number of hydrogen-bond donors (Lipinski definition) is 1. The number of amides is 1. The molecule has 2 aliphatic heterocycles. The van der Waals surface area contributed by atoms with Gasteiger partial charge in [-0.15, -0.1) is 0 Å². The first-order valence-corrected chi connectivity index (χ1v) is 10.4. The molecule has 0 saturated carbocycles. The van der Waals surface area contributed by atoms with Gasteiger partial charge < -0.3 is 10.1 Å². The van der Waals surface area contributed by atoms with Gasteiger partial charge in [-0.3, -0.25) is 19.8 Å². The van der Waals surface area contributed by atoms with Crippen molar-refractivity contribution in [1.82, 2.24) is 10.2 Å². The van der Waals surface area contributed by atoms with E-state index >= 15 is 0 Å². The minimum absolute atomic E-state index is 0.0308. The number of carbonyl (C=O) groups excluding carboxylic acids is 1. The molecule has 2 aliphatic rings. The molecule has 2 aromatic carbocycles. The number of rotatable bonds is 6. The lowest BCUT2D eigenvalue weighted by Crippen LogP contribution is -2.48. The van der Waals surface area contributed by atoms with Crippen LogP contribution in [-0.2, 0) is 16.1 Å². The van der Waals surface area contributed by atoms with Crippen LogP contribution >= 0.6 is 0 Å². The molecule has 4 rings (SSSR count). The largest absolute Gasteiger partial charge is 0.483 e. The van der Waals surface area contributed by atoms with Crippen molar-refractivity contribution in [2.24, 2.45) is 0 Å². The SMILES string of the molecule is O=C(NC1CCCN(Cc2ccccc2)C1)C1=CC=C(c2cccc([N+](=O)[O-])c2)CO1. The van der Waals surface area contributed by atoms with Gasteiger partial charge in [-0.25, -0.2) is 0 Å². The number of non-ortho nitro benzene ring substituents is 1. The lowest BCUT2D eigenvalue weighted by Gasteiger charge is -2.33. The molecule has 7 nitrogen and oxygen atoms in total. The third-order valence-corrected chi connectivity index (χ3v) is 5.56. The minimum atomic E-state index is -0.423. The number of allylic oxidation sites excluding steroid dienone is 2. The molecule has 2 aromatic rings. The van der Waals surface area contributed by atoms with Crippen LogP contribution in [0.5, 0.6) is 0 Å². The van der Waals surface area contributed by atoms with Gasteiger partial charge in [0, 0.05) is 31.3 Å². The van der Waals surface area contributed by atoms with Crippen LogP contribution in [0.15, 0.2) is 72.5 Å². The van der Waals surface area contributed by atoms with Crippen LogP contribution in [-0.4, -0.2) is 41.5 Å². The van der Waals surface area contributed by atoms with Crippen LogP contribution in [0.3, 0.4) is 0 Å². The molecule has 1 saturated heterocycles. The molecular weight excluding hydrogens is 394 g/mol. The van der Waals surface area contributed by atoms with Gasteiger partial charge in [0.25, 0.3) is 11.6 Å². The van der Waals surface area contributed by atoms with E-state index in [2.05, 4.69) is 22.3 Å². The third-order valence-electron chi connectivity index (χ3n) is 5.56. The average Bonchev–Trinajstić information content (AvgIpc) is 2.80. The first-order valence-electron chi connectivity index (χ1n) is 10.4. The van der Waals surface area contributed by atoms with Crippen molar-refractivity contribution in [3.63, 3.8) is 0 Å². The second kappa shape index (κ2) is 9.57. The molecule has 0 aliphatic carbocycles. The summed E-state index contributed by atoms with van der Waals surface area (Å²) in [5, 5.41) is 14.1. The van der Waals surface area contributed by atoms with Gasteiger partial charge in [0.15, 0.2) is 5.76 Å². The number of nitro benzene ring substituents is 1. The standard InChI is InChI=1S/C24H25N3O4/c28-24(25-21-9-5-13-26(16-21)15-18-6-2-1-3-7-18)23-12-11-20(17-31-23)19-8-4-10-22(14-19)27(29)30/h1-4,6-8,10-12,14,21H,5,9,13,15-17H2,(H,25,28). The van der Waals surface area contributed by atoms with Gasteiger partial charge in [0.05, 0.1) is 4.92 Å².